The molecule has 32 heavy (non-hydrogen) atoms. The first kappa shape index (κ1) is 22.7. The Morgan fingerprint density at radius 1 is 1.09 bits per heavy atom. The van der Waals surface area contributed by atoms with Gasteiger partial charge in [0.15, 0.2) is 0 Å². The fourth-order valence-electron chi connectivity index (χ4n) is 4.35. The summed E-state index contributed by atoms with van der Waals surface area (Å²) in [6, 6.07) is 14.8. The summed E-state index contributed by atoms with van der Waals surface area (Å²) in [6.45, 7) is 6.05. The average molecular weight is 454 g/mol. The molecule has 2 amide bonds. The summed E-state index contributed by atoms with van der Waals surface area (Å²) in [7, 11) is 0. The summed E-state index contributed by atoms with van der Waals surface area (Å²) < 4.78 is 5.63. The fourth-order valence-corrected chi connectivity index (χ4v) is 5.33. The summed E-state index contributed by atoms with van der Waals surface area (Å²) in [4.78, 5) is 30.5. The van der Waals surface area contributed by atoms with Gasteiger partial charge in [0.2, 0.25) is 5.91 Å². The molecule has 1 N–H and O–H groups in total. The molecule has 0 radical (unpaired) electrons. The Kier molecular flexibility index (Phi) is 7.71. The molecule has 2 heterocycles. The summed E-state index contributed by atoms with van der Waals surface area (Å²) in [5.74, 6) is 2.64. The van der Waals surface area contributed by atoms with E-state index in [0.29, 0.717) is 30.9 Å². The van der Waals surface area contributed by atoms with Gasteiger partial charge in [0, 0.05) is 43.4 Å². The third-order valence-corrected chi connectivity index (χ3v) is 6.88. The lowest BCUT2D eigenvalue weighted by Gasteiger charge is -2.26. The number of nitrogens with one attached hydrogen (secondary N) is 1. The van der Waals surface area contributed by atoms with Crippen LogP contribution in [0.2, 0.25) is 0 Å². The number of anilines is 1. The van der Waals surface area contributed by atoms with E-state index in [2.05, 4.69) is 16.3 Å². The van der Waals surface area contributed by atoms with Gasteiger partial charge < -0.3 is 15.0 Å². The van der Waals surface area contributed by atoms with E-state index in [1.807, 2.05) is 49.0 Å². The van der Waals surface area contributed by atoms with E-state index in [-0.39, 0.29) is 11.8 Å². The zero-order valence-electron chi connectivity index (χ0n) is 18.6. The zero-order chi connectivity index (χ0) is 22.3. The number of benzene rings is 2. The Balaban J connectivity index is 1.43. The van der Waals surface area contributed by atoms with Gasteiger partial charge in [0.05, 0.1) is 12.2 Å². The Labute approximate surface area is 194 Å². The van der Waals surface area contributed by atoms with Gasteiger partial charge in [-0.05, 0) is 49.6 Å². The third kappa shape index (κ3) is 5.45. The van der Waals surface area contributed by atoms with Crippen LogP contribution in [0.15, 0.2) is 48.5 Å². The molecule has 2 fully saturated rings. The largest absolute Gasteiger partial charge is 0.493 e. The van der Waals surface area contributed by atoms with Crippen LogP contribution in [0.3, 0.4) is 0 Å². The van der Waals surface area contributed by atoms with E-state index in [1.54, 1.807) is 17.0 Å². The Morgan fingerprint density at radius 3 is 2.72 bits per heavy atom. The number of nitrogens with zero attached hydrogens (tertiary/aromatic N) is 2. The van der Waals surface area contributed by atoms with Crippen molar-refractivity contribution in [2.45, 2.75) is 32.4 Å². The van der Waals surface area contributed by atoms with Gasteiger partial charge in [0.1, 0.15) is 11.8 Å². The molecule has 2 aliphatic heterocycles. The SMILES string of the molecule is CCOc1ccccc1C(=O)N1CCCC1C(=O)Nc1cccc(CN2CCSCC2)c1. The van der Waals surface area contributed by atoms with Gasteiger partial charge in [-0.1, -0.05) is 24.3 Å². The van der Waals surface area contributed by atoms with Crippen LogP contribution < -0.4 is 10.1 Å². The normalized spacial score (nSPS) is 19.0. The smallest absolute Gasteiger partial charge is 0.258 e. The predicted molar refractivity (Wildman–Crippen MR) is 129 cm³/mol. The van der Waals surface area contributed by atoms with Gasteiger partial charge in [0.25, 0.3) is 5.91 Å². The molecule has 2 aromatic carbocycles. The second-order valence-corrected chi connectivity index (χ2v) is 9.39. The summed E-state index contributed by atoms with van der Waals surface area (Å²) in [5, 5.41) is 3.05. The highest BCUT2D eigenvalue weighted by molar-refractivity contribution is 7.99. The van der Waals surface area contributed by atoms with Crippen molar-refractivity contribution < 1.29 is 14.3 Å². The standard InChI is InChI=1S/C25H31N3O3S/c1-2-31-23-11-4-3-9-21(23)25(30)28-12-6-10-22(28)24(29)26-20-8-5-7-19(17-20)18-27-13-15-32-16-14-27/h3-5,7-9,11,17,22H,2,6,10,12-16,18H2,1H3,(H,26,29). The highest BCUT2D eigenvalue weighted by Gasteiger charge is 2.35. The molecular formula is C25H31N3O3S. The first-order valence-corrected chi connectivity index (χ1v) is 12.5. The van der Waals surface area contributed by atoms with Gasteiger partial charge in [-0.2, -0.15) is 11.8 Å². The Morgan fingerprint density at radius 2 is 1.91 bits per heavy atom. The van der Waals surface area contributed by atoms with E-state index in [9.17, 15) is 9.59 Å². The van der Waals surface area contributed by atoms with Crippen molar-refractivity contribution >= 4 is 29.3 Å². The number of carbonyl (C=O) groups excluding carboxylic acids is 2. The van der Waals surface area contributed by atoms with E-state index in [1.165, 1.54) is 17.1 Å². The second kappa shape index (κ2) is 10.9. The molecule has 7 heteroatoms. The maximum Gasteiger partial charge on any atom is 0.258 e. The molecule has 170 valence electrons. The number of para-hydroxylation sites is 1. The number of rotatable bonds is 7. The lowest BCUT2D eigenvalue weighted by atomic mass is 10.1. The number of carbonyl (C=O) groups is 2. The molecular weight excluding hydrogens is 422 g/mol. The summed E-state index contributed by atoms with van der Waals surface area (Å²) in [5.41, 5.74) is 2.49. The Bertz CT molecular complexity index is 946. The van der Waals surface area contributed by atoms with Crippen molar-refractivity contribution in [1.29, 1.82) is 0 Å². The third-order valence-electron chi connectivity index (χ3n) is 5.94. The molecule has 1 unspecified atom stereocenters. The maximum absolute atomic E-state index is 13.2. The minimum absolute atomic E-state index is 0.128. The molecule has 2 aromatic rings. The minimum atomic E-state index is -0.472. The predicted octanol–water partition coefficient (Wildman–Crippen LogP) is 3.88. The minimum Gasteiger partial charge on any atom is -0.493 e. The fraction of sp³-hybridized carbons (Fsp3) is 0.440. The number of amides is 2. The molecule has 0 aromatic heterocycles. The van der Waals surface area contributed by atoms with E-state index in [4.69, 9.17) is 4.74 Å². The van der Waals surface area contributed by atoms with Crippen LogP contribution >= 0.6 is 11.8 Å². The quantitative estimate of drug-likeness (QED) is 0.690. The summed E-state index contributed by atoms with van der Waals surface area (Å²) in [6.07, 6.45) is 1.48. The monoisotopic (exact) mass is 453 g/mol. The molecule has 6 nitrogen and oxygen atoms in total. The van der Waals surface area contributed by atoms with Crippen LogP contribution in [0, 0.1) is 0 Å². The molecule has 2 aliphatic rings. The van der Waals surface area contributed by atoms with Crippen LogP contribution in [0.4, 0.5) is 5.69 Å². The molecule has 1 atom stereocenters. The highest BCUT2D eigenvalue weighted by Crippen LogP contribution is 2.26. The zero-order valence-corrected chi connectivity index (χ0v) is 19.4. The van der Waals surface area contributed by atoms with Crippen LogP contribution in [0.25, 0.3) is 0 Å². The number of likely N-dealkylation sites (tertiary alicyclic amines) is 1. The topological polar surface area (TPSA) is 61.9 Å². The average Bonchev–Trinajstić information content (AvgIpc) is 3.30. The molecule has 0 bridgehead atoms. The van der Waals surface area contributed by atoms with Gasteiger partial charge in [-0.3, -0.25) is 14.5 Å². The maximum atomic E-state index is 13.2. The van der Waals surface area contributed by atoms with E-state index in [0.717, 1.165) is 31.7 Å². The highest BCUT2D eigenvalue weighted by atomic mass is 32.2. The molecule has 0 spiro atoms. The van der Waals surface area contributed by atoms with Gasteiger partial charge in [-0.25, -0.2) is 0 Å². The number of thioether (sulfide) groups is 1. The van der Waals surface area contributed by atoms with Crippen molar-refractivity contribution in [2.75, 3.05) is 43.1 Å². The Hall–Kier alpha value is -2.51. The molecule has 0 saturated carbocycles. The van der Waals surface area contributed by atoms with Crippen molar-refractivity contribution in [3.05, 3.63) is 59.7 Å². The molecule has 4 rings (SSSR count). The molecule has 2 saturated heterocycles. The van der Waals surface area contributed by atoms with Crippen molar-refractivity contribution in [1.82, 2.24) is 9.80 Å². The first-order valence-electron chi connectivity index (χ1n) is 11.4. The van der Waals surface area contributed by atoms with Crippen LogP contribution in [-0.2, 0) is 11.3 Å². The van der Waals surface area contributed by atoms with Crippen LogP contribution in [0.1, 0.15) is 35.7 Å². The van der Waals surface area contributed by atoms with Crippen molar-refractivity contribution in [3.8, 4) is 5.75 Å². The number of hydrogen-bond donors (Lipinski definition) is 1. The lowest BCUT2D eigenvalue weighted by molar-refractivity contribution is -0.119. The second-order valence-electron chi connectivity index (χ2n) is 8.16. The molecule has 0 aliphatic carbocycles. The van der Waals surface area contributed by atoms with Crippen LogP contribution in [0.5, 0.6) is 5.75 Å². The number of ether oxygens (including phenoxy) is 1. The van der Waals surface area contributed by atoms with Crippen LogP contribution in [-0.4, -0.2) is 65.4 Å². The van der Waals surface area contributed by atoms with Gasteiger partial charge >= 0.3 is 0 Å². The van der Waals surface area contributed by atoms with E-state index < -0.39 is 6.04 Å². The van der Waals surface area contributed by atoms with Gasteiger partial charge in [-0.15, -0.1) is 0 Å². The summed E-state index contributed by atoms with van der Waals surface area (Å²) >= 11 is 2.00. The van der Waals surface area contributed by atoms with E-state index >= 15 is 0 Å². The lowest BCUT2D eigenvalue weighted by Crippen LogP contribution is -2.43. The van der Waals surface area contributed by atoms with Crippen molar-refractivity contribution in [2.24, 2.45) is 0 Å². The first-order chi connectivity index (χ1) is 15.7. The van der Waals surface area contributed by atoms with Crippen molar-refractivity contribution in [3.63, 3.8) is 0 Å². The number of hydrogen-bond acceptors (Lipinski definition) is 5.